The Bertz CT molecular complexity index is 601. The minimum Gasteiger partial charge on any atom is -0.507 e. The first kappa shape index (κ1) is 11.8. The molecule has 7 heteroatoms. The smallest absolute Gasteiger partial charge is 0.362 e. The van der Waals surface area contributed by atoms with Crippen LogP contribution >= 0.6 is 0 Å². The van der Waals surface area contributed by atoms with Gasteiger partial charge < -0.3 is 5.11 Å². The van der Waals surface area contributed by atoms with Gasteiger partial charge >= 0.3 is 5.03 Å². The van der Waals surface area contributed by atoms with Crippen molar-refractivity contribution in [2.24, 2.45) is 0 Å². The van der Waals surface area contributed by atoms with Gasteiger partial charge in [-0.1, -0.05) is 12.1 Å². The highest BCUT2D eigenvalue weighted by molar-refractivity contribution is 5.69. The van der Waals surface area contributed by atoms with Crippen LogP contribution in [0.4, 0.5) is 5.95 Å². The number of phenolic OH excluding ortho intramolecular Hbond substituents is 1. The van der Waals surface area contributed by atoms with Gasteiger partial charge in [0, 0.05) is 11.8 Å². The Labute approximate surface area is 102 Å². The summed E-state index contributed by atoms with van der Waals surface area (Å²) in [5, 5.41) is 17.8. The van der Waals surface area contributed by atoms with E-state index < -0.39 is 5.03 Å². The lowest BCUT2D eigenvalue weighted by molar-refractivity contribution is -0.770. The molecule has 0 aliphatic rings. The number of anilines is 1. The summed E-state index contributed by atoms with van der Waals surface area (Å²) in [7, 11) is 0. The van der Waals surface area contributed by atoms with E-state index in [2.05, 4.69) is 9.97 Å². The standard InChI is InChI=1S/C11H10N4O3/c1-7-6-12-11(14-15(17)18)13-10(7)8-4-2-3-5-9(8)16/h2-6H,1H3,(H2-,12,13,14,16,17,18)/p+1. The number of hydrazine groups is 1. The van der Waals surface area contributed by atoms with Crippen LogP contribution in [0.25, 0.3) is 11.3 Å². The maximum atomic E-state index is 10.4. The first-order valence-electron chi connectivity index (χ1n) is 5.12. The van der Waals surface area contributed by atoms with Gasteiger partial charge in [-0.15, -0.1) is 0 Å². The minimum atomic E-state index is -0.487. The van der Waals surface area contributed by atoms with Crippen molar-refractivity contribution in [3.05, 3.63) is 40.9 Å². The number of hydrogen-bond donors (Lipinski definition) is 3. The Hall–Kier alpha value is -2.70. The molecule has 3 N–H and O–H groups in total. The number of aryl methyl sites for hydroxylation is 1. The average Bonchev–Trinajstić information content (AvgIpc) is 2.32. The number of aromatic nitrogens is 2. The third-order valence-corrected chi connectivity index (χ3v) is 2.33. The second kappa shape index (κ2) is 4.66. The molecule has 0 atom stereocenters. The monoisotopic (exact) mass is 247 g/mol. The van der Waals surface area contributed by atoms with E-state index in [1.807, 2.05) is 5.43 Å². The van der Waals surface area contributed by atoms with Crippen LogP contribution in [0.5, 0.6) is 5.75 Å². The lowest BCUT2D eigenvalue weighted by atomic mass is 10.1. The molecule has 0 unspecified atom stereocenters. The third-order valence-electron chi connectivity index (χ3n) is 2.33. The summed E-state index contributed by atoms with van der Waals surface area (Å²) in [5.41, 5.74) is 3.73. The van der Waals surface area contributed by atoms with E-state index in [1.165, 1.54) is 12.3 Å². The summed E-state index contributed by atoms with van der Waals surface area (Å²) < 4.78 is 0. The number of nitrogens with one attached hydrogen (secondary N) is 1. The molecule has 2 aromatic rings. The Balaban J connectivity index is 2.50. The molecule has 0 spiro atoms. The zero-order chi connectivity index (χ0) is 13.1. The van der Waals surface area contributed by atoms with E-state index in [0.29, 0.717) is 11.3 Å². The summed E-state index contributed by atoms with van der Waals surface area (Å²) in [6.07, 6.45) is 1.49. The van der Waals surface area contributed by atoms with Crippen LogP contribution in [0.15, 0.2) is 30.5 Å². The fourth-order valence-corrected chi connectivity index (χ4v) is 1.53. The highest BCUT2D eigenvalue weighted by atomic mass is 16.7. The zero-order valence-corrected chi connectivity index (χ0v) is 9.53. The number of benzene rings is 1. The molecule has 1 aromatic heterocycles. The quantitative estimate of drug-likeness (QED) is 0.713. The van der Waals surface area contributed by atoms with Gasteiger partial charge in [-0.3, -0.25) is 0 Å². The Morgan fingerprint density at radius 1 is 1.33 bits per heavy atom. The molecule has 7 nitrogen and oxygen atoms in total. The van der Waals surface area contributed by atoms with Gasteiger partial charge in [0.2, 0.25) is 0 Å². The number of rotatable bonds is 3. The first-order valence-corrected chi connectivity index (χ1v) is 5.12. The van der Waals surface area contributed by atoms with Gasteiger partial charge in [0.05, 0.1) is 5.69 Å². The van der Waals surface area contributed by atoms with Crippen molar-refractivity contribution in [2.75, 3.05) is 5.43 Å². The molecule has 18 heavy (non-hydrogen) atoms. The van der Waals surface area contributed by atoms with E-state index in [0.717, 1.165) is 5.56 Å². The first-order chi connectivity index (χ1) is 8.58. The van der Waals surface area contributed by atoms with Crippen LogP contribution in [-0.2, 0) is 0 Å². The van der Waals surface area contributed by atoms with E-state index in [-0.39, 0.29) is 11.7 Å². The Morgan fingerprint density at radius 3 is 2.72 bits per heavy atom. The van der Waals surface area contributed by atoms with Crippen molar-refractivity contribution in [3.63, 3.8) is 0 Å². The maximum absolute atomic E-state index is 10.4. The van der Waals surface area contributed by atoms with Crippen LogP contribution in [0.2, 0.25) is 0 Å². The summed E-state index contributed by atoms with van der Waals surface area (Å²) in [4.78, 5) is 18.3. The average molecular weight is 247 g/mol. The molecule has 92 valence electrons. The molecule has 0 saturated heterocycles. The highest BCUT2D eigenvalue weighted by Crippen LogP contribution is 2.29. The second-order valence-electron chi connectivity index (χ2n) is 3.63. The molecule has 0 aliphatic heterocycles. The van der Waals surface area contributed by atoms with E-state index in [4.69, 9.17) is 5.21 Å². The van der Waals surface area contributed by atoms with Crippen molar-refractivity contribution in [3.8, 4) is 17.0 Å². The molecule has 1 heterocycles. The lowest BCUT2D eigenvalue weighted by Gasteiger charge is -2.06. The van der Waals surface area contributed by atoms with Crippen LogP contribution in [-0.4, -0.2) is 25.3 Å². The van der Waals surface area contributed by atoms with E-state index in [9.17, 15) is 10.0 Å². The van der Waals surface area contributed by atoms with Gasteiger partial charge in [-0.05, 0) is 30.0 Å². The molecule has 0 bridgehead atoms. The number of phenols is 1. The van der Waals surface area contributed by atoms with Crippen molar-refractivity contribution in [1.82, 2.24) is 9.97 Å². The van der Waals surface area contributed by atoms with Crippen LogP contribution in [0.3, 0.4) is 0 Å². The number of nitrogens with zero attached hydrogens (tertiary/aromatic N) is 3. The zero-order valence-electron chi connectivity index (χ0n) is 9.53. The van der Waals surface area contributed by atoms with Crippen molar-refractivity contribution in [1.29, 1.82) is 0 Å². The summed E-state index contributed by atoms with van der Waals surface area (Å²) in [6.45, 7) is 1.78. The van der Waals surface area contributed by atoms with E-state index >= 15 is 0 Å². The van der Waals surface area contributed by atoms with Gasteiger partial charge in [-0.25, -0.2) is 15.2 Å². The summed E-state index contributed by atoms with van der Waals surface area (Å²) in [5.74, 6) is 0.0181. The number of para-hydroxylation sites is 1. The number of hydrogen-bond acceptors (Lipinski definition) is 4. The summed E-state index contributed by atoms with van der Waals surface area (Å²) >= 11 is 0. The number of aromatic hydroxyl groups is 1. The van der Waals surface area contributed by atoms with Crippen LogP contribution in [0, 0.1) is 11.8 Å². The van der Waals surface area contributed by atoms with Crippen LogP contribution < -0.4 is 5.43 Å². The molecular formula is C11H11N4O3+. The SMILES string of the molecule is Cc1cnc(N[N+](=O)O)nc1-c1ccccc1O. The molecule has 0 fully saturated rings. The maximum Gasteiger partial charge on any atom is 0.362 e. The fourth-order valence-electron chi connectivity index (χ4n) is 1.53. The Kier molecular flexibility index (Phi) is 3.05. The fraction of sp³-hybridized carbons (Fsp3) is 0.0909. The largest absolute Gasteiger partial charge is 0.507 e. The topological polar surface area (TPSA) is 98.4 Å². The van der Waals surface area contributed by atoms with Crippen molar-refractivity contribution < 1.29 is 15.3 Å². The predicted octanol–water partition coefficient (Wildman–Crippen LogP) is 1.65. The Morgan fingerprint density at radius 2 is 2.06 bits per heavy atom. The third kappa shape index (κ3) is 2.34. The molecule has 0 saturated carbocycles. The van der Waals surface area contributed by atoms with Gasteiger partial charge in [0.1, 0.15) is 10.7 Å². The molecular weight excluding hydrogens is 236 g/mol. The second-order valence-corrected chi connectivity index (χ2v) is 3.63. The normalized spacial score (nSPS) is 10.1. The predicted molar refractivity (Wildman–Crippen MR) is 62.9 cm³/mol. The highest BCUT2D eigenvalue weighted by Gasteiger charge is 2.13. The van der Waals surface area contributed by atoms with E-state index in [1.54, 1.807) is 25.1 Å². The van der Waals surface area contributed by atoms with Gasteiger partial charge in [0.25, 0.3) is 5.95 Å². The van der Waals surface area contributed by atoms with Crippen molar-refractivity contribution in [2.45, 2.75) is 6.92 Å². The molecule has 0 radical (unpaired) electrons. The molecule has 0 amide bonds. The summed E-state index contributed by atoms with van der Waals surface area (Å²) in [6, 6.07) is 6.69. The van der Waals surface area contributed by atoms with Crippen LogP contribution in [0.1, 0.15) is 5.56 Å². The molecule has 1 aromatic carbocycles. The minimum absolute atomic E-state index is 0.0589. The van der Waals surface area contributed by atoms with Gasteiger partial charge in [0.15, 0.2) is 0 Å². The molecule has 2 rings (SSSR count). The lowest BCUT2D eigenvalue weighted by Crippen LogP contribution is -2.13. The van der Waals surface area contributed by atoms with Gasteiger partial charge in [-0.2, -0.15) is 0 Å². The van der Waals surface area contributed by atoms with Crippen molar-refractivity contribution >= 4 is 5.95 Å². The molecule has 0 aliphatic carbocycles.